The van der Waals surface area contributed by atoms with Crippen molar-refractivity contribution in [2.24, 2.45) is 0 Å². The lowest BCUT2D eigenvalue weighted by atomic mass is 10.2. The van der Waals surface area contributed by atoms with E-state index in [4.69, 9.17) is 4.74 Å². The van der Waals surface area contributed by atoms with E-state index in [0.29, 0.717) is 6.04 Å². The minimum absolute atomic E-state index is 0.0377. The number of carbonyl (C=O) groups excluding carboxylic acids is 1. The van der Waals surface area contributed by atoms with Crippen LogP contribution in [0.25, 0.3) is 0 Å². The molecule has 1 saturated carbocycles. The van der Waals surface area contributed by atoms with E-state index in [1.165, 1.54) is 12.8 Å². The third-order valence-corrected chi connectivity index (χ3v) is 4.98. The van der Waals surface area contributed by atoms with Gasteiger partial charge in [-0.3, -0.25) is 4.79 Å². The highest BCUT2D eigenvalue weighted by Crippen LogP contribution is 2.34. The molecule has 1 aromatic rings. The van der Waals surface area contributed by atoms with Crippen LogP contribution in [-0.4, -0.2) is 25.1 Å². The van der Waals surface area contributed by atoms with Crippen LogP contribution in [0.2, 0.25) is 0 Å². The normalized spacial score (nSPS) is 16.6. The Labute approximate surface area is 142 Å². The van der Waals surface area contributed by atoms with Crippen molar-refractivity contribution in [2.45, 2.75) is 44.7 Å². The van der Waals surface area contributed by atoms with Crippen molar-refractivity contribution in [1.82, 2.24) is 5.32 Å². The molecule has 0 spiro atoms. The van der Waals surface area contributed by atoms with E-state index >= 15 is 0 Å². The van der Waals surface area contributed by atoms with Gasteiger partial charge in [0.05, 0.1) is 17.3 Å². The van der Waals surface area contributed by atoms with Gasteiger partial charge in [-0.15, -0.1) is 0 Å². The number of nitrogens with one attached hydrogen (secondary N) is 2. The smallest absolute Gasteiger partial charge is 0.242 e. The second kappa shape index (κ2) is 7.49. The molecule has 0 bridgehead atoms. The van der Waals surface area contributed by atoms with Gasteiger partial charge in [-0.05, 0) is 57.7 Å². The average molecular weight is 420 g/mol. The van der Waals surface area contributed by atoms with Gasteiger partial charge in [0.2, 0.25) is 5.91 Å². The maximum absolute atomic E-state index is 12.2. The highest BCUT2D eigenvalue weighted by Gasteiger charge is 2.21. The molecule has 1 aliphatic rings. The second-order valence-corrected chi connectivity index (χ2v) is 7.03. The van der Waals surface area contributed by atoms with Crippen LogP contribution in [0, 0.1) is 0 Å². The first-order valence-electron chi connectivity index (χ1n) is 7.11. The predicted octanol–water partition coefficient (Wildman–Crippen LogP) is 4.08. The Balaban J connectivity index is 2.01. The molecule has 1 fully saturated rings. The zero-order valence-electron chi connectivity index (χ0n) is 12.2. The lowest BCUT2D eigenvalue weighted by Crippen LogP contribution is -2.42. The Hall–Kier alpha value is -0.750. The summed E-state index contributed by atoms with van der Waals surface area (Å²) in [6, 6.07) is 3.81. The Morgan fingerprint density at radius 1 is 1.29 bits per heavy atom. The lowest BCUT2D eigenvalue weighted by Gasteiger charge is -2.20. The van der Waals surface area contributed by atoms with Gasteiger partial charge >= 0.3 is 0 Å². The van der Waals surface area contributed by atoms with E-state index in [9.17, 15) is 4.79 Å². The third-order valence-electron chi connectivity index (χ3n) is 3.71. The number of halogens is 2. The van der Waals surface area contributed by atoms with Crippen molar-refractivity contribution >= 4 is 43.5 Å². The van der Waals surface area contributed by atoms with Crippen molar-refractivity contribution in [1.29, 1.82) is 0 Å². The van der Waals surface area contributed by atoms with Crippen molar-refractivity contribution in [3.05, 3.63) is 21.1 Å². The molecule has 6 heteroatoms. The highest BCUT2D eigenvalue weighted by atomic mass is 79.9. The molecule has 21 heavy (non-hydrogen) atoms. The predicted molar refractivity (Wildman–Crippen MR) is 91.9 cm³/mol. The first-order chi connectivity index (χ1) is 10.0. The summed E-state index contributed by atoms with van der Waals surface area (Å²) in [7, 11) is 1.62. The maximum atomic E-state index is 12.2. The number of rotatable bonds is 5. The molecule has 116 valence electrons. The van der Waals surface area contributed by atoms with E-state index in [-0.39, 0.29) is 11.9 Å². The molecule has 1 atom stereocenters. The lowest BCUT2D eigenvalue weighted by molar-refractivity contribution is -0.122. The van der Waals surface area contributed by atoms with Crippen molar-refractivity contribution in [3.63, 3.8) is 0 Å². The molecule has 1 aromatic carbocycles. The van der Waals surface area contributed by atoms with Gasteiger partial charge < -0.3 is 15.4 Å². The van der Waals surface area contributed by atoms with Crippen LogP contribution in [0.5, 0.6) is 5.75 Å². The van der Waals surface area contributed by atoms with E-state index in [1.807, 2.05) is 19.1 Å². The molecule has 1 unspecified atom stereocenters. The zero-order valence-corrected chi connectivity index (χ0v) is 15.4. The molecule has 0 radical (unpaired) electrons. The van der Waals surface area contributed by atoms with E-state index in [1.54, 1.807) is 7.11 Å². The number of carbonyl (C=O) groups is 1. The van der Waals surface area contributed by atoms with Gasteiger partial charge in [0.1, 0.15) is 11.8 Å². The first-order valence-corrected chi connectivity index (χ1v) is 8.70. The first kappa shape index (κ1) is 16.6. The molecule has 2 N–H and O–H groups in total. The van der Waals surface area contributed by atoms with Crippen molar-refractivity contribution in [3.8, 4) is 5.75 Å². The summed E-state index contributed by atoms with van der Waals surface area (Å²) in [5.74, 6) is 0.764. The van der Waals surface area contributed by atoms with E-state index < -0.39 is 0 Å². The van der Waals surface area contributed by atoms with Gasteiger partial charge in [-0.25, -0.2) is 0 Å². The van der Waals surface area contributed by atoms with Crippen LogP contribution in [-0.2, 0) is 4.79 Å². The monoisotopic (exact) mass is 418 g/mol. The summed E-state index contributed by atoms with van der Waals surface area (Å²) in [6.45, 7) is 1.87. The highest BCUT2D eigenvalue weighted by molar-refractivity contribution is 9.11. The van der Waals surface area contributed by atoms with Gasteiger partial charge in [0.15, 0.2) is 0 Å². The van der Waals surface area contributed by atoms with Crippen LogP contribution in [0.15, 0.2) is 21.1 Å². The summed E-state index contributed by atoms with van der Waals surface area (Å²) in [5, 5.41) is 6.33. The van der Waals surface area contributed by atoms with Gasteiger partial charge in [0, 0.05) is 16.6 Å². The molecule has 2 rings (SSSR count). The van der Waals surface area contributed by atoms with Crippen LogP contribution in [0.1, 0.15) is 32.6 Å². The molecule has 0 aliphatic heterocycles. The van der Waals surface area contributed by atoms with Gasteiger partial charge in [-0.1, -0.05) is 12.8 Å². The summed E-state index contributed by atoms with van der Waals surface area (Å²) in [5.41, 5.74) is 0.837. The van der Waals surface area contributed by atoms with Gasteiger partial charge in [-0.2, -0.15) is 0 Å². The summed E-state index contributed by atoms with van der Waals surface area (Å²) in [6.07, 6.45) is 4.60. The van der Waals surface area contributed by atoms with E-state index in [0.717, 1.165) is 33.2 Å². The van der Waals surface area contributed by atoms with Crippen LogP contribution in [0.4, 0.5) is 5.69 Å². The fourth-order valence-electron chi connectivity index (χ4n) is 2.49. The Morgan fingerprint density at radius 2 is 1.95 bits per heavy atom. The van der Waals surface area contributed by atoms with Crippen LogP contribution >= 0.6 is 31.9 Å². The number of benzene rings is 1. The minimum Gasteiger partial charge on any atom is -0.495 e. The molecule has 0 aromatic heterocycles. The number of ether oxygens (including phenoxy) is 1. The topological polar surface area (TPSA) is 50.4 Å². The number of hydrogen-bond acceptors (Lipinski definition) is 3. The molecule has 4 nitrogen and oxygen atoms in total. The van der Waals surface area contributed by atoms with Crippen LogP contribution < -0.4 is 15.4 Å². The fraction of sp³-hybridized carbons (Fsp3) is 0.533. The van der Waals surface area contributed by atoms with Crippen LogP contribution in [0.3, 0.4) is 0 Å². The third kappa shape index (κ3) is 4.36. The number of methoxy groups -OCH3 is 1. The summed E-state index contributed by atoms with van der Waals surface area (Å²) < 4.78 is 7.03. The SMILES string of the molecule is COc1cc(NC(C)C(=O)NC2CCCC2)c(Br)cc1Br. The zero-order chi connectivity index (χ0) is 15.4. The molecule has 1 aliphatic carbocycles. The summed E-state index contributed by atoms with van der Waals surface area (Å²) in [4.78, 5) is 12.2. The second-order valence-electron chi connectivity index (χ2n) is 5.32. The number of hydrogen-bond donors (Lipinski definition) is 2. The standard InChI is InChI=1S/C15H20Br2N2O2/c1-9(15(20)19-10-5-3-4-6-10)18-13-8-14(21-2)12(17)7-11(13)16/h7-10,18H,3-6H2,1-2H3,(H,19,20). The molecule has 1 amide bonds. The molecular formula is C15H20Br2N2O2. The molecular weight excluding hydrogens is 400 g/mol. The van der Waals surface area contributed by atoms with E-state index in [2.05, 4.69) is 42.5 Å². The average Bonchev–Trinajstić information content (AvgIpc) is 2.94. The molecule has 0 heterocycles. The Morgan fingerprint density at radius 3 is 2.57 bits per heavy atom. The quantitative estimate of drug-likeness (QED) is 0.755. The largest absolute Gasteiger partial charge is 0.495 e. The van der Waals surface area contributed by atoms with Crippen molar-refractivity contribution in [2.75, 3.05) is 12.4 Å². The minimum atomic E-state index is -0.298. The Bertz CT molecular complexity index is 517. The van der Waals surface area contributed by atoms with Gasteiger partial charge in [0.25, 0.3) is 0 Å². The number of anilines is 1. The van der Waals surface area contributed by atoms with Crippen molar-refractivity contribution < 1.29 is 9.53 Å². The molecule has 0 saturated heterocycles. The maximum Gasteiger partial charge on any atom is 0.242 e. The summed E-state index contributed by atoms with van der Waals surface area (Å²) >= 11 is 6.93. The fourth-order valence-corrected chi connectivity index (χ4v) is 3.76. The number of amides is 1. The Kier molecular flexibility index (Phi) is 5.93.